The van der Waals surface area contributed by atoms with Gasteiger partial charge in [0.05, 0.1) is 18.8 Å². The molecule has 0 fully saturated rings. The van der Waals surface area contributed by atoms with Crippen molar-refractivity contribution in [1.29, 1.82) is 0 Å². The summed E-state index contributed by atoms with van der Waals surface area (Å²) in [5, 5.41) is 43.9. The molecule has 0 saturated carbocycles. The Bertz CT molecular complexity index is 1020. The van der Waals surface area contributed by atoms with E-state index < -0.39 is 36.9 Å². The molecule has 6 nitrogen and oxygen atoms in total. The lowest BCUT2D eigenvalue weighted by molar-refractivity contribution is -0.132. The van der Waals surface area contributed by atoms with Gasteiger partial charge in [0.15, 0.2) is 0 Å². The number of hydrogen-bond acceptors (Lipinski definition) is 5. The van der Waals surface area contributed by atoms with Crippen LogP contribution < -0.4 is 5.32 Å². The molecule has 0 aliphatic heterocycles. The van der Waals surface area contributed by atoms with Gasteiger partial charge in [0, 0.05) is 0 Å². The number of amides is 1. The second-order valence-electron chi connectivity index (χ2n) is 18.5. The van der Waals surface area contributed by atoms with Crippen molar-refractivity contribution in [3.05, 3.63) is 48.6 Å². The van der Waals surface area contributed by atoms with Gasteiger partial charge in [-0.25, -0.2) is 0 Å². The van der Waals surface area contributed by atoms with Crippen molar-refractivity contribution in [2.24, 2.45) is 0 Å². The number of carbonyl (C=O) groups is 1. The van der Waals surface area contributed by atoms with Gasteiger partial charge >= 0.3 is 0 Å². The average molecular weight is 872 g/mol. The lowest BCUT2D eigenvalue weighted by Crippen LogP contribution is -2.53. The Morgan fingerprint density at radius 1 is 0.387 bits per heavy atom. The lowest BCUT2D eigenvalue weighted by Gasteiger charge is -2.27. The van der Waals surface area contributed by atoms with Gasteiger partial charge in [0.2, 0.25) is 5.91 Å². The van der Waals surface area contributed by atoms with Gasteiger partial charge in [-0.05, 0) is 89.9 Å². The van der Waals surface area contributed by atoms with Crippen LogP contribution in [-0.4, -0.2) is 57.3 Å². The Morgan fingerprint density at radius 3 is 1.02 bits per heavy atom. The quantitative estimate of drug-likeness (QED) is 0.0309. The number of carbonyl (C=O) groups excluding carboxylic acids is 1. The Balaban J connectivity index is 3.70. The summed E-state index contributed by atoms with van der Waals surface area (Å²) in [6, 6.07) is -1.01. The molecule has 364 valence electrons. The first-order valence-electron chi connectivity index (χ1n) is 27.0. The van der Waals surface area contributed by atoms with Gasteiger partial charge in [-0.3, -0.25) is 4.79 Å². The molecular weight excluding hydrogens is 767 g/mol. The van der Waals surface area contributed by atoms with Crippen LogP contribution in [0.15, 0.2) is 48.6 Å². The van der Waals surface area contributed by atoms with Crippen molar-refractivity contribution < 1.29 is 25.2 Å². The highest BCUT2D eigenvalue weighted by Crippen LogP contribution is 2.16. The zero-order valence-corrected chi connectivity index (χ0v) is 41.1. The normalized spacial score (nSPS) is 14.2. The second kappa shape index (κ2) is 50.3. The maximum atomic E-state index is 12.6. The SMILES string of the molecule is CCCCCCCC/C=C/CC/C=C/CC/C=C/CCCC(O)C(O)C(CO)NC(=O)C(O)CCCCCCCCCCCCC/C=C\CCCCCCCCCCCCCC. The summed E-state index contributed by atoms with van der Waals surface area (Å²) in [7, 11) is 0. The second-order valence-corrected chi connectivity index (χ2v) is 18.5. The molecule has 5 N–H and O–H groups in total. The van der Waals surface area contributed by atoms with E-state index in [1.807, 2.05) is 0 Å². The minimum atomic E-state index is -1.29. The lowest BCUT2D eigenvalue weighted by atomic mass is 10.00. The van der Waals surface area contributed by atoms with E-state index in [-0.39, 0.29) is 0 Å². The molecule has 0 aromatic carbocycles. The third-order valence-corrected chi connectivity index (χ3v) is 12.5. The average Bonchev–Trinajstić information content (AvgIpc) is 3.28. The number of rotatable bonds is 49. The third-order valence-electron chi connectivity index (χ3n) is 12.5. The minimum Gasteiger partial charge on any atom is -0.394 e. The van der Waals surface area contributed by atoms with Gasteiger partial charge in [-0.1, -0.05) is 229 Å². The highest BCUT2D eigenvalue weighted by Gasteiger charge is 2.28. The highest BCUT2D eigenvalue weighted by molar-refractivity contribution is 5.80. The predicted molar refractivity (Wildman–Crippen MR) is 270 cm³/mol. The van der Waals surface area contributed by atoms with E-state index in [0.29, 0.717) is 19.3 Å². The number of hydrogen-bond donors (Lipinski definition) is 5. The molecule has 0 radical (unpaired) electrons. The molecule has 0 heterocycles. The molecule has 4 unspecified atom stereocenters. The first-order chi connectivity index (χ1) is 30.5. The van der Waals surface area contributed by atoms with Crippen molar-refractivity contribution in [2.75, 3.05) is 6.61 Å². The molecule has 0 aromatic rings. The third kappa shape index (κ3) is 43.5. The molecular formula is C56H105NO5. The van der Waals surface area contributed by atoms with Crippen LogP contribution in [0.1, 0.15) is 271 Å². The van der Waals surface area contributed by atoms with Crippen LogP contribution in [0.25, 0.3) is 0 Å². The van der Waals surface area contributed by atoms with Gasteiger partial charge in [0.1, 0.15) is 12.2 Å². The van der Waals surface area contributed by atoms with Gasteiger partial charge in [-0.15, -0.1) is 0 Å². The molecule has 0 saturated heterocycles. The topological polar surface area (TPSA) is 110 Å². The summed E-state index contributed by atoms with van der Waals surface area (Å²) in [6.45, 7) is 4.05. The van der Waals surface area contributed by atoms with E-state index >= 15 is 0 Å². The Morgan fingerprint density at radius 2 is 0.677 bits per heavy atom. The number of nitrogens with one attached hydrogen (secondary N) is 1. The van der Waals surface area contributed by atoms with E-state index in [1.54, 1.807) is 0 Å². The maximum absolute atomic E-state index is 12.6. The van der Waals surface area contributed by atoms with Crippen molar-refractivity contribution in [3.8, 4) is 0 Å². The molecule has 0 aromatic heterocycles. The number of allylic oxidation sites excluding steroid dienone is 8. The summed E-state index contributed by atoms with van der Waals surface area (Å²) in [6.07, 6.45) is 63.1. The fourth-order valence-corrected chi connectivity index (χ4v) is 8.20. The Labute approximate surface area is 385 Å². The first-order valence-corrected chi connectivity index (χ1v) is 27.0. The smallest absolute Gasteiger partial charge is 0.249 e. The number of aliphatic hydroxyl groups excluding tert-OH is 4. The Hall–Kier alpha value is -1.73. The van der Waals surface area contributed by atoms with E-state index in [1.165, 1.54) is 186 Å². The maximum Gasteiger partial charge on any atom is 0.249 e. The van der Waals surface area contributed by atoms with Gasteiger partial charge in [0.25, 0.3) is 0 Å². The van der Waals surface area contributed by atoms with Gasteiger partial charge in [-0.2, -0.15) is 0 Å². The summed E-state index contributed by atoms with van der Waals surface area (Å²) >= 11 is 0. The molecule has 0 rings (SSSR count). The summed E-state index contributed by atoms with van der Waals surface area (Å²) < 4.78 is 0. The fourth-order valence-electron chi connectivity index (χ4n) is 8.20. The van der Waals surface area contributed by atoms with Crippen molar-refractivity contribution in [1.82, 2.24) is 5.32 Å². The van der Waals surface area contributed by atoms with Crippen LogP contribution in [0, 0.1) is 0 Å². The Kier molecular flexibility index (Phi) is 48.9. The molecule has 0 aliphatic rings. The van der Waals surface area contributed by atoms with Crippen LogP contribution >= 0.6 is 0 Å². The summed E-state index contributed by atoms with van der Waals surface area (Å²) in [4.78, 5) is 12.6. The molecule has 0 bridgehead atoms. The first kappa shape index (κ1) is 60.3. The summed E-state index contributed by atoms with van der Waals surface area (Å²) in [5.41, 5.74) is 0. The molecule has 6 heteroatoms. The molecule has 1 amide bonds. The van der Waals surface area contributed by atoms with Crippen LogP contribution in [0.2, 0.25) is 0 Å². The van der Waals surface area contributed by atoms with Crippen molar-refractivity contribution in [2.45, 2.75) is 295 Å². The fraction of sp³-hybridized carbons (Fsp3) is 0.839. The molecule has 62 heavy (non-hydrogen) atoms. The van der Waals surface area contributed by atoms with Crippen LogP contribution in [-0.2, 0) is 4.79 Å². The molecule has 0 aliphatic carbocycles. The van der Waals surface area contributed by atoms with E-state index in [4.69, 9.17) is 0 Å². The zero-order chi connectivity index (χ0) is 45.2. The van der Waals surface area contributed by atoms with E-state index in [2.05, 4.69) is 67.8 Å². The van der Waals surface area contributed by atoms with Crippen LogP contribution in [0.3, 0.4) is 0 Å². The van der Waals surface area contributed by atoms with Gasteiger partial charge < -0.3 is 25.7 Å². The van der Waals surface area contributed by atoms with Crippen molar-refractivity contribution >= 4 is 5.91 Å². The number of unbranched alkanes of at least 4 members (excludes halogenated alkanes) is 32. The number of aliphatic hydroxyl groups is 4. The van der Waals surface area contributed by atoms with Crippen molar-refractivity contribution in [3.63, 3.8) is 0 Å². The zero-order valence-electron chi connectivity index (χ0n) is 41.1. The van der Waals surface area contributed by atoms with E-state index in [9.17, 15) is 25.2 Å². The standard InChI is InChI=1S/C56H105NO5/c1-3-5-7-9-11-13-15-17-19-21-23-24-25-26-27-28-29-30-32-34-36-38-40-42-44-46-48-50-54(60)56(62)57-52(51-58)55(61)53(59)49-47-45-43-41-39-37-35-33-31-22-20-18-16-14-12-10-8-6-4-2/h18,20,26-27,33,35,41,43,52-55,58-61H,3-17,19,21-25,28-32,34,36-40,42,44-51H2,1-2H3,(H,57,62)/b20-18+,27-26-,35-33+,43-41+. The highest BCUT2D eigenvalue weighted by atomic mass is 16.3. The van der Waals surface area contributed by atoms with Crippen LogP contribution in [0.4, 0.5) is 0 Å². The minimum absolute atomic E-state index is 0.357. The molecule has 4 atom stereocenters. The monoisotopic (exact) mass is 872 g/mol. The van der Waals surface area contributed by atoms with E-state index in [0.717, 1.165) is 51.4 Å². The molecule has 0 spiro atoms. The predicted octanol–water partition coefficient (Wildman–Crippen LogP) is 15.4. The van der Waals surface area contributed by atoms with Crippen LogP contribution in [0.5, 0.6) is 0 Å². The summed E-state index contributed by atoms with van der Waals surface area (Å²) in [5.74, 6) is -0.599. The largest absolute Gasteiger partial charge is 0.394 e.